The van der Waals surface area contributed by atoms with Gasteiger partial charge in [0.1, 0.15) is 5.75 Å². The third kappa shape index (κ3) is 3.09. The summed E-state index contributed by atoms with van der Waals surface area (Å²) < 4.78 is 19.5. The fraction of sp³-hybridized carbons (Fsp3) is 0.100. The molecule has 0 aliphatic carbocycles. The molecule has 0 aliphatic rings. The van der Waals surface area contributed by atoms with E-state index < -0.39 is 7.14 Å². The molecule has 0 unspecified atom stereocenters. The molecule has 3 rings (SSSR count). The zero-order chi connectivity index (χ0) is 16.1. The molecule has 3 heteroatoms. The highest BCUT2D eigenvalue weighted by atomic mass is 31.2. The van der Waals surface area contributed by atoms with Crippen LogP contribution in [0.25, 0.3) is 0 Å². The Morgan fingerprint density at radius 2 is 1.13 bits per heavy atom. The van der Waals surface area contributed by atoms with Gasteiger partial charge in [0.2, 0.25) is 0 Å². The lowest BCUT2D eigenvalue weighted by atomic mass is 10.3. The van der Waals surface area contributed by atoms with Crippen LogP contribution in [-0.2, 0) is 4.57 Å². The van der Waals surface area contributed by atoms with Crippen LogP contribution in [0, 0.1) is 0 Å². The van der Waals surface area contributed by atoms with Gasteiger partial charge in [-0.1, -0.05) is 60.7 Å². The Morgan fingerprint density at radius 3 is 1.57 bits per heavy atom. The Balaban J connectivity index is 2.15. The van der Waals surface area contributed by atoms with Crippen LogP contribution in [-0.4, -0.2) is 6.61 Å². The molecule has 0 atom stereocenters. The van der Waals surface area contributed by atoms with E-state index in [2.05, 4.69) is 0 Å². The van der Waals surface area contributed by atoms with E-state index in [1.54, 1.807) is 0 Å². The van der Waals surface area contributed by atoms with Crippen LogP contribution in [0.2, 0.25) is 0 Å². The van der Waals surface area contributed by atoms with Gasteiger partial charge >= 0.3 is 0 Å². The Labute approximate surface area is 137 Å². The van der Waals surface area contributed by atoms with Crippen molar-refractivity contribution < 1.29 is 9.30 Å². The summed E-state index contributed by atoms with van der Waals surface area (Å²) in [5, 5.41) is 2.50. The predicted molar refractivity (Wildman–Crippen MR) is 97.0 cm³/mol. The molecule has 0 N–H and O–H groups in total. The fourth-order valence-electron chi connectivity index (χ4n) is 2.64. The standard InChI is InChI=1S/C20H19O2P/c1-2-22-17-13-15-20(16-14-17)23(21,18-9-5-3-6-10-18)19-11-7-4-8-12-19/h3-16H,2H2,1H3. The lowest BCUT2D eigenvalue weighted by Gasteiger charge is -2.20. The first-order chi connectivity index (χ1) is 11.2. The molecular formula is C20H19O2P. The van der Waals surface area contributed by atoms with Crippen molar-refractivity contribution in [1.29, 1.82) is 0 Å². The SMILES string of the molecule is CCOc1ccc(P(=O)(c2ccccc2)c2ccccc2)cc1. The quantitative estimate of drug-likeness (QED) is 0.669. The highest BCUT2D eigenvalue weighted by Gasteiger charge is 2.29. The second-order valence-electron chi connectivity index (χ2n) is 5.21. The first-order valence-corrected chi connectivity index (χ1v) is 9.40. The van der Waals surface area contributed by atoms with E-state index in [1.165, 1.54) is 0 Å². The number of hydrogen-bond donors (Lipinski definition) is 0. The molecule has 0 saturated heterocycles. The minimum absolute atomic E-state index is 0.619. The lowest BCUT2D eigenvalue weighted by molar-refractivity contribution is 0.340. The van der Waals surface area contributed by atoms with Crippen LogP contribution < -0.4 is 20.7 Å². The largest absolute Gasteiger partial charge is 0.494 e. The molecule has 0 fully saturated rings. The Morgan fingerprint density at radius 1 is 0.696 bits per heavy atom. The molecule has 0 spiro atoms. The van der Waals surface area contributed by atoms with E-state index in [9.17, 15) is 4.57 Å². The van der Waals surface area contributed by atoms with E-state index in [0.717, 1.165) is 21.7 Å². The van der Waals surface area contributed by atoms with Gasteiger partial charge in [-0.2, -0.15) is 0 Å². The molecule has 0 radical (unpaired) electrons. The maximum absolute atomic E-state index is 14.0. The summed E-state index contributed by atoms with van der Waals surface area (Å²) in [5.41, 5.74) is 0. The summed E-state index contributed by atoms with van der Waals surface area (Å²) >= 11 is 0. The maximum atomic E-state index is 14.0. The zero-order valence-electron chi connectivity index (χ0n) is 13.1. The molecule has 116 valence electrons. The average molecular weight is 322 g/mol. The van der Waals surface area contributed by atoms with Crippen LogP contribution in [0.4, 0.5) is 0 Å². The second-order valence-corrected chi connectivity index (χ2v) is 7.98. The van der Waals surface area contributed by atoms with Gasteiger partial charge in [0, 0.05) is 15.9 Å². The third-order valence-corrected chi connectivity index (χ3v) is 6.83. The van der Waals surface area contributed by atoms with Crippen LogP contribution in [0.5, 0.6) is 5.75 Å². The van der Waals surface area contributed by atoms with Crippen molar-refractivity contribution in [1.82, 2.24) is 0 Å². The number of hydrogen-bond acceptors (Lipinski definition) is 2. The first-order valence-electron chi connectivity index (χ1n) is 7.70. The smallest absolute Gasteiger partial charge is 0.171 e. The molecule has 0 bridgehead atoms. The second kappa shape index (κ2) is 6.85. The molecule has 0 aromatic heterocycles. The Kier molecular flexibility index (Phi) is 4.64. The zero-order valence-corrected chi connectivity index (χ0v) is 13.9. The topological polar surface area (TPSA) is 26.3 Å². The van der Waals surface area contributed by atoms with Crippen molar-refractivity contribution in [3.8, 4) is 5.75 Å². The minimum Gasteiger partial charge on any atom is -0.494 e. The van der Waals surface area contributed by atoms with Crippen molar-refractivity contribution in [2.45, 2.75) is 6.92 Å². The van der Waals surface area contributed by atoms with Gasteiger partial charge in [-0.05, 0) is 31.2 Å². The molecule has 2 nitrogen and oxygen atoms in total. The summed E-state index contributed by atoms with van der Waals surface area (Å²) in [5.74, 6) is 0.795. The number of benzene rings is 3. The third-order valence-electron chi connectivity index (χ3n) is 3.75. The average Bonchev–Trinajstić information content (AvgIpc) is 2.63. The first kappa shape index (κ1) is 15.6. The highest BCUT2D eigenvalue weighted by Crippen LogP contribution is 2.42. The summed E-state index contributed by atoms with van der Waals surface area (Å²) in [7, 11) is -2.87. The van der Waals surface area contributed by atoms with Gasteiger partial charge < -0.3 is 9.30 Å². The summed E-state index contributed by atoms with van der Waals surface area (Å²) in [4.78, 5) is 0. The van der Waals surface area contributed by atoms with Crippen molar-refractivity contribution in [2.24, 2.45) is 0 Å². The van der Waals surface area contributed by atoms with E-state index in [4.69, 9.17) is 4.74 Å². The Bertz CT molecular complexity index is 753. The minimum atomic E-state index is -2.87. The fourth-order valence-corrected chi connectivity index (χ4v) is 5.29. The molecule has 0 saturated carbocycles. The van der Waals surface area contributed by atoms with E-state index in [1.807, 2.05) is 91.9 Å². The Hall–Kier alpha value is -2.31. The van der Waals surface area contributed by atoms with Gasteiger partial charge in [-0.15, -0.1) is 0 Å². The predicted octanol–water partition coefficient (Wildman–Crippen LogP) is 3.72. The molecule has 23 heavy (non-hydrogen) atoms. The van der Waals surface area contributed by atoms with Crippen molar-refractivity contribution >= 4 is 23.1 Å². The van der Waals surface area contributed by atoms with E-state index in [-0.39, 0.29) is 0 Å². The molecule has 3 aromatic carbocycles. The van der Waals surface area contributed by atoms with Crippen LogP contribution in [0.3, 0.4) is 0 Å². The maximum Gasteiger partial charge on any atom is 0.171 e. The van der Waals surface area contributed by atoms with Gasteiger partial charge in [0.25, 0.3) is 0 Å². The number of rotatable bonds is 5. The van der Waals surface area contributed by atoms with Crippen LogP contribution in [0.1, 0.15) is 6.92 Å². The molecule has 0 heterocycles. The highest BCUT2D eigenvalue weighted by molar-refractivity contribution is 7.85. The van der Waals surface area contributed by atoms with Gasteiger partial charge in [0.05, 0.1) is 6.61 Å². The summed E-state index contributed by atoms with van der Waals surface area (Å²) in [6, 6.07) is 26.9. The van der Waals surface area contributed by atoms with Gasteiger partial charge in [-0.25, -0.2) is 0 Å². The number of ether oxygens (including phenoxy) is 1. The van der Waals surface area contributed by atoms with E-state index in [0.29, 0.717) is 6.61 Å². The lowest BCUT2D eigenvalue weighted by Crippen LogP contribution is -2.24. The molecule has 3 aromatic rings. The summed E-state index contributed by atoms with van der Waals surface area (Å²) in [6.07, 6.45) is 0. The van der Waals surface area contributed by atoms with Crippen LogP contribution in [0.15, 0.2) is 84.9 Å². The monoisotopic (exact) mass is 322 g/mol. The van der Waals surface area contributed by atoms with Gasteiger partial charge in [-0.3, -0.25) is 0 Å². The molecular weight excluding hydrogens is 303 g/mol. The van der Waals surface area contributed by atoms with Crippen LogP contribution >= 0.6 is 7.14 Å². The van der Waals surface area contributed by atoms with Gasteiger partial charge in [0.15, 0.2) is 7.14 Å². The van der Waals surface area contributed by atoms with E-state index >= 15 is 0 Å². The van der Waals surface area contributed by atoms with Crippen molar-refractivity contribution in [3.05, 3.63) is 84.9 Å². The molecule has 0 amide bonds. The molecule has 0 aliphatic heterocycles. The normalized spacial score (nSPS) is 11.2. The van der Waals surface area contributed by atoms with Crippen molar-refractivity contribution in [3.63, 3.8) is 0 Å². The summed E-state index contributed by atoms with van der Waals surface area (Å²) in [6.45, 7) is 2.57. The van der Waals surface area contributed by atoms with Crippen molar-refractivity contribution in [2.75, 3.05) is 6.61 Å².